The van der Waals surface area contributed by atoms with Crippen LogP contribution in [0.4, 0.5) is 24.5 Å². The standard InChI is InChI=1S/C24H23F3N2O2/c25-24(26,27)23(31)16-29-21-12-5-4-11-20(21)28(14-17-7-6-10-19(30)13-17)15-22(29)18-8-2-1-3-9-18/h1-13,22-23,30-31H,14-16H2/t22?,23-/m1/s1. The van der Waals surface area contributed by atoms with Gasteiger partial charge in [-0.3, -0.25) is 0 Å². The van der Waals surface area contributed by atoms with Gasteiger partial charge in [-0.1, -0.05) is 54.6 Å². The molecule has 2 atom stereocenters. The average Bonchev–Trinajstić information content (AvgIpc) is 2.75. The van der Waals surface area contributed by atoms with Gasteiger partial charge in [0.2, 0.25) is 0 Å². The van der Waals surface area contributed by atoms with Crippen LogP contribution in [0.25, 0.3) is 0 Å². The molecule has 0 aromatic heterocycles. The van der Waals surface area contributed by atoms with E-state index in [1.54, 1.807) is 35.2 Å². The predicted octanol–water partition coefficient (Wildman–Crippen LogP) is 4.88. The van der Waals surface area contributed by atoms with Crippen molar-refractivity contribution in [2.24, 2.45) is 0 Å². The molecule has 4 rings (SSSR count). The minimum atomic E-state index is -4.70. The molecule has 3 aromatic carbocycles. The van der Waals surface area contributed by atoms with E-state index in [0.717, 1.165) is 16.8 Å². The fraction of sp³-hybridized carbons (Fsp3) is 0.250. The molecule has 0 radical (unpaired) electrons. The Morgan fingerprint density at radius 1 is 0.903 bits per heavy atom. The van der Waals surface area contributed by atoms with Crippen molar-refractivity contribution in [3.8, 4) is 5.75 Å². The molecule has 4 nitrogen and oxygen atoms in total. The Balaban J connectivity index is 1.75. The van der Waals surface area contributed by atoms with Crippen LogP contribution < -0.4 is 9.80 Å². The molecule has 162 valence electrons. The molecule has 0 saturated heterocycles. The molecule has 1 unspecified atom stereocenters. The fourth-order valence-electron chi connectivity index (χ4n) is 4.05. The van der Waals surface area contributed by atoms with Crippen LogP contribution in [0.15, 0.2) is 78.9 Å². The number of hydrogen-bond acceptors (Lipinski definition) is 4. The molecule has 1 aliphatic heterocycles. The highest BCUT2D eigenvalue weighted by Crippen LogP contribution is 2.42. The maximum Gasteiger partial charge on any atom is 0.416 e. The highest BCUT2D eigenvalue weighted by atomic mass is 19.4. The number of benzene rings is 3. The van der Waals surface area contributed by atoms with Gasteiger partial charge in [0.1, 0.15) is 5.75 Å². The molecule has 0 fully saturated rings. The Morgan fingerprint density at radius 3 is 2.26 bits per heavy atom. The van der Waals surface area contributed by atoms with Gasteiger partial charge in [-0.15, -0.1) is 0 Å². The van der Waals surface area contributed by atoms with Gasteiger partial charge < -0.3 is 20.0 Å². The van der Waals surface area contributed by atoms with Crippen LogP contribution in [0.1, 0.15) is 17.2 Å². The van der Waals surface area contributed by atoms with E-state index in [9.17, 15) is 23.4 Å². The lowest BCUT2D eigenvalue weighted by Gasteiger charge is -2.45. The van der Waals surface area contributed by atoms with Crippen LogP contribution in [0.5, 0.6) is 5.75 Å². The lowest BCUT2D eigenvalue weighted by atomic mass is 9.98. The monoisotopic (exact) mass is 428 g/mol. The Morgan fingerprint density at radius 2 is 1.58 bits per heavy atom. The van der Waals surface area contributed by atoms with Gasteiger partial charge in [-0.2, -0.15) is 13.2 Å². The van der Waals surface area contributed by atoms with Gasteiger partial charge in [0.15, 0.2) is 6.10 Å². The Hall–Kier alpha value is -3.19. The highest BCUT2D eigenvalue weighted by Gasteiger charge is 2.42. The summed E-state index contributed by atoms with van der Waals surface area (Å²) in [6.45, 7) is 0.367. The molecule has 0 aliphatic carbocycles. The van der Waals surface area contributed by atoms with Crippen LogP contribution in [-0.2, 0) is 6.54 Å². The van der Waals surface area contributed by atoms with Crippen molar-refractivity contribution in [2.45, 2.75) is 24.9 Å². The smallest absolute Gasteiger partial charge is 0.416 e. The van der Waals surface area contributed by atoms with E-state index in [4.69, 9.17) is 0 Å². The number of nitrogens with zero attached hydrogens (tertiary/aromatic N) is 2. The number of rotatable bonds is 5. The number of aromatic hydroxyl groups is 1. The summed E-state index contributed by atoms with van der Waals surface area (Å²) in [6, 6.07) is 23.2. The van der Waals surface area contributed by atoms with Crippen molar-refractivity contribution >= 4 is 11.4 Å². The van der Waals surface area contributed by atoms with E-state index < -0.39 is 18.8 Å². The summed E-state index contributed by atoms with van der Waals surface area (Å²) in [7, 11) is 0. The van der Waals surface area contributed by atoms with Gasteiger partial charge in [0, 0.05) is 13.1 Å². The summed E-state index contributed by atoms with van der Waals surface area (Å²) < 4.78 is 39.6. The van der Waals surface area contributed by atoms with Crippen molar-refractivity contribution in [3.63, 3.8) is 0 Å². The summed E-state index contributed by atoms with van der Waals surface area (Å²) in [5.41, 5.74) is 3.18. The van der Waals surface area contributed by atoms with Gasteiger partial charge in [0.25, 0.3) is 0 Å². The van der Waals surface area contributed by atoms with Gasteiger partial charge in [-0.05, 0) is 35.4 Å². The average molecular weight is 428 g/mol. The summed E-state index contributed by atoms with van der Waals surface area (Å²) >= 11 is 0. The number of anilines is 2. The van der Waals surface area contributed by atoms with Crippen molar-refractivity contribution in [1.29, 1.82) is 0 Å². The molecule has 31 heavy (non-hydrogen) atoms. The van der Waals surface area contributed by atoms with Crippen LogP contribution >= 0.6 is 0 Å². The SMILES string of the molecule is Oc1cccc(CN2CC(c3ccccc3)N(C[C@@H](O)C(F)(F)F)c3ccccc32)c1. The molecule has 7 heteroatoms. The van der Waals surface area contributed by atoms with Crippen molar-refractivity contribution < 1.29 is 23.4 Å². The molecule has 1 heterocycles. The number of hydrogen-bond donors (Lipinski definition) is 2. The molecule has 0 spiro atoms. The fourth-order valence-corrected chi connectivity index (χ4v) is 4.05. The minimum absolute atomic E-state index is 0.164. The number of β-amino-alcohol motifs (C(OH)–C–C–N with tert-alkyl or cyclic N) is 1. The number of halogens is 3. The lowest BCUT2D eigenvalue weighted by molar-refractivity contribution is -0.200. The van der Waals surface area contributed by atoms with Crippen LogP contribution in [0, 0.1) is 0 Å². The lowest BCUT2D eigenvalue weighted by Crippen LogP contribution is -2.49. The van der Waals surface area contributed by atoms with Crippen molar-refractivity contribution in [3.05, 3.63) is 90.0 Å². The van der Waals surface area contributed by atoms with Crippen LogP contribution in [0.2, 0.25) is 0 Å². The Bertz CT molecular complexity index is 1030. The Labute approximate surface area is 178 Å². The number of para-hydroxylation sites is 2. The summed E-state index contributed by atoms with van der Waals surface area (Å²) in [5, 5.41) is 19.7. The minimum Gasteiger partial charge on any atom is -0.508 e. The number of fused-ring (bicyclic) bond motifs is 1. The number of aliphatic hydroxyl groups excluding tert-OH is 1. The van der Waals surface area contributed by atoms with Gasteiger partial charge >= 0.3 is 6.18 Å². The zero-order valence-corrected chi connectivity index (χ0v) is 16.7. The molecular weight excluding hydrogens is 405 g/mol. The first-order valence-electron chi connectivity index (χ1n) is 10.0. The summed E-state index contributed by atoms with van der Waals surface area (Å²) in [5.74, 6) is 0.164. The number of phenolic OH excluding ortho intramolecular Hbond substituents is 1. The third-order valence-electron chi connectivity index (χ3n) is 5.52. The second-order valence-corrected chi connectivity index (χ2v) is 7.68. The molecule has 0 amide bonds. The van der Waals surface area contributed by atoms with E-state index in [1.165, 1.54) is 0 Å². The first-order chi connectivity index (χ1) is 14.8. The second kappa shape index (κ2) is 8.51. The topological polar surface area (TPSA) is 46.9 Å². The van der Waals surface area contributed by atoms with Crippen LogP contribution in [0.3, 0.4) is 0 Å². The largest absolute Gasteiger partial charge is 0.508 e. The normalized spacial score (nSPS) is 17.4. The zero-order valence-electron chi connectivity index (χ0n) is 16.7. The number of alkyl halides is 3. The second-order valence-electron chi connectivity index (χ2n) is 7.68. The van der Waals surface area contributed by atoms with E-state index in [0.29, 0.717) is 18.8 Å². The quantitative estimate of drug-likeness (QED) is 0.608. The molecule has 2 N–H and O–H groups in total. The van der Waals surface area contributed by atoms with E-state index in [-0.39, 0.29) is 11.8 Å². The van der Waals surface area contributed by atoms with Crippen LogP contribution in [-0.4, -0.2) is 35.6 Å². The van der Waals surface area contributed by atoms with Crippen molar-refractivity contribution in [2.75, 3.05) is 22.9 Å². The van der Waals surface area contributed by atoms with Gasteiger partial charge in [0.05, 0.1) is 24.0 Å². The third kappa shape index (κ3) is 4.61. The van der Waals surface area contributed by atoms with E-state index in [2.05, 4.69) is 4.90 Å². The summed E-state index contributed by atoms with van der Waals surface area (Å²) in [6.07, 6.45) is -7.15. The molecule has 1 aliphatic rings. The number of aliphatic hydroxyl groups is 1. The maximum absolute atomic E-state index is 13.2. The third-order valence-corrected chi connectivity index (χ3v) is 5.52. The first-order valence-corrected chi connectivity index (χ1v) is 10.0. The van der Waals surface area contributed by atoms with E-state index in [1.807, 2.05) is 48.5 Å². The molecule has 0 bridgehead atoms. The summed E-state index contributed by atoms with van der Waals surface area (Å²) in [4.78, 5) is 3.74. The number of phenols is 1. The predicted molar refractivity (Wildman–Crippen MR) is 114 cm³/mol. The molecular formula is C24H23F3N2O2. The molecule has 0 saturated carbocycles. The highest BCUT2D eigenvalue weighted by molar-refractivity contribution is 5.74. The van der Waals surface area contributed by atoms with Crippen molar-refractivity contribution in [1.82, 2.24) is 0 Å². The van der Waals surface area contributed by atoms with E-state index >= 15 is 0 Å². The zero-order chi connectivity index (χ0) is 22.0. The maximum atomic E-state index is 13.2. The molecule has 3 aromatic rings. The van der Waals surface area contributed by atoms with Gasteiger partial charge in [-0.25, -0.2) is 0 Å². The first kappa shape index (κ1) is 21.1. The Kier molecular flexibility index (Phi) is 5.78.